The van der Waals surface area contributed by atoms with Gasteiger partial charge in [0.1, 0.15) is 16.5 Å². The summed E-state index contributed by atoms with van der Waals surface area (Å²) in [6.07, 6.45) is 0. The Morgan fingerprint density at radius 2 is 2.30 bits per heavy atom. The number of halogens is 1. The summed E-state index contributed by atoms with van der Waals surface area (Å²) >= 11 is 3.09. The van der Waals surface area contributed by atoms with E-state index in [1.807, 2.05) is 6.07 Å². The van der Waals surface area contributed by atoms with Gasteiger partial charge in [0.15, 0.2) is 0 Å². The van der Waals surface area contributed by atoms with Gasteiger partial charge in [0.25, 0.3) is 0 Å². The maximum atomic E-state index is 8.45. The molecule has 1 rings (SSSR count). The topological polar surface area (TPSA) is 62.7 Å². The molecule has 0 atom stereocenters. The third-order valence-corrected chi connectivity index (χ3v) is 1.60. The lowest BCUT2D eigenvalue weighted by atomic mass is 10.3. The van der Waals surface area contributed by atoms with E-state index in [4.69, 9.17) is 11.0 Å². The lowest BCUT2D eigenvalue weighted by Crippen LogP contribution is -1.91. The average molecular weight is 198 g/mol. The molecule has 0 aliphatic carbocycles. The van der Waals surface area contributed by atoms with E-state index in [0.717, 1.165) is 0 Å². The minimum atomic E-state index is 0.408. The zero-order valence-corrected chi connectivity index (χ0v) is 6.59. The van der Waals surface area contributed by atoms with Crippen molar-refractivity contribution < 1.29 is 0 Å². The number of nitrogen functional groups attached to an aromatic ring is 1. The number of nitriles is 1. The molecule has 0 aliphatic heterocycles. The van der Waals surface area contributed by atoms with E-state index in [1.54, 1.807) is 12.1 Å². The van der Waals surface area contributed by atoms with Crippen molar-refractivity contribution in [3.63, 3.8) is 0 Å². The van der Waals surface area contributed by atoms with Crippen molar-refractivity contribution in [3.8, 4) is 6.07 Å². The summed E-state index contributed by atoms with van der Waals surface area (Å²) in [6, 6.07) is 5.16. The van der Waals surface area contributed by atoms with Crippen molar-refractivity contribution in [3.05, 3.63) is 22.3 Å². The molecular weight excluding hydrogens is 194 g/mol. The Hall–Kier alpha value is -1.08. The zero-order chi connectivity index (χ0) is 7.56. The molecule has 0 saturated heterocycles. The van der Waals surface area contributed by atoms with Gasteiger partial charge in [-0.25, -0.2) is 4.98 Å². The SMILES string of the molecule is N#Cc1ccc(N)nc1Br. The first-order valence-corrected chi connectivity index (χ1v) is 3.35. The van der Waals surface area contributed by atoms with Crippen molar-refractivity contribution in [2.24, 2.45) is 0 Å². The third kappa shape index (κ3) is 1.25. The zero-order valence-electron chi connectivity index (χ0n) is 5.00. The van der Waals surface area contributed by atoms with Gasteiger partial charge in [0, 0.05) is 0 Å². The van der Waals surface area contributed by atoms with Gasteiger partial charge in [0.05, 0.1) is 5.56 Å². The van der Waals surface area contributed by atoms with Gasteiger partial charge in [-0.05, 0) is 28.1 Å². The number of rotatable bonds is 0. The summed E-state index contributed by atoms with van der Waals surface area (Å²) in [5.41, 5.74) is 5.83. The van der Waals surface area contributed by atoms with E-state index in [-0.39, 0.29) is 0 Å². The second kappa shape index (κ2) is 2.67. The minimum Gasteiger partial charge on any atom is -0.384 e. The van der Waals surface area contributed by atoms with Crippen LogP contribution in [0.1, 0.15) is 5.56 Å². The highest BCUT2D eigenvalue weighted by Crippen LogP contribution is 2.13. The molecule has 3 nitrogen and oxygen atoms in total. The van der Waals surface area contributed by atoms with Crippen LogP contribution in [0.4, 0.5) is 5.82 Å². The van der Waals surface area contributed by atoms with Crippen molar-refractivity contribution in [1.82, 2.24) is 4.98 Å². The Morgan fingerprint density at radius 3 is 2.80 bits per heavy atom. The van der Waals surface area contributed by atoms with Crippen LogP contribution in [0.2, 0.25) is 0 Å². The maximum absolute atomic E-state index is 8.45. The third-order valence-electron chi connectivity index (χ3n) is 0.991. The van der Waals surface area contributed by atoms with Gasteiger partial charge in [-0.2, -0.15) is 5.26 Å². The number of pyridine rings is 1. The summed E-state index contributed by atoms with van der Waals surface area (Å²) in [7, 11) is 0. The Morgan fingerprint density at radius 1 is 1.60 bits per heavy atom. The van der Waals surface area contributed by atoms with Crippen LogP contribution >= 0.6 is 15.9 Å². The average Bonchev–Trinajstić information content (AvgIpc) is 1.88. The highest BCUT2D eigenvalue weighted by Gasteiger charge is 1.97. The second-order valence-corrected chi connectivity index (χ2v) is 2.44. The van der Waals surface area contributed by atoms with Crippen LogP contribution in [0.5, 0.6) is 0 Å². The Bertz CT molecular complexity index is 290. The van der Waals surface area contributed by atoms with E-state index >= 15 is 0 Å². The van der Waals surface area contributed by atoms with E-state index < -0.39 is 0 Å². The Labute approximate surface area is 66.6 Å². The largest absolute Gasteiger partial charge is 0.384 e. The van der Waals surface area contributed by atoms with Gasteiger partial charge in [-0.3, -0.25) is 0 Å². The van der Waals surface area contributed by atoms with Crippen LogP contribution in [0.25, 0.3) is 0 Å². The van der Waals surface area contributed by atoms with E-state index in [2.05, 4.69) is 20.9 Å². The molecule has 0 amide bonds. The van der Waals surface area contributed by atoms with Crippen LogP contribution in [0.3, 0.4) is 0 Å². The number of hydrogen-bond acceptors (Lipinski definition) is 3. The molecule has 0 radical (unpaired) electrons. The molecule has 4 heteroatoms. The summed E-state index contributed by atoms with van der Waals surface area (Å²) in [6.45, 7) is 0. The molecule has 0 saturated carbocycles. The summed E-state index contributed by atoms with van der Waals surface area (Å²) in [5.74, 6) is 0.408. The fourth-order valence-electron chi connectivity index (χ4n) is 0.532. The van der Waals surface area contributed by atoms with E-state index in [9.17, 15) is 0 Å². The molecule has 0 aromatic carbocycles. The predicted octanol–water partition coefficient (Wildman–Crippen LogP) is 1.30. The molecule has 0 spiro atoms. The fourth-order valence-corrected chi connectivity index (χ4v) is 0.957. The van der Waals surface area contributed by atoms with Gasteiger partial charge in [-0.15, -0.1) is 0 Å². The van der Waals surface area contributed by atoms with Crippen LogP contribution in [-0.4, -0.2) is 4.98 Å². The van der Waals surface area contributed by atoms with Crippen molar-refractivity contribution in [2.45, 2.75) is 0 Å². The predicted molar refractivity (Wildman–Crippen MR) is 41.1 cm³/mol. The van der Waals surface area contributed by atoms with Crippen LogP contribution < -0.4 is 5.73 Å². The highest BCUT2D eigenvalue weighted by molar-refractivity contribution is 9.10. The molecule has 0 unspecified atom stereocenters. The lowest BCUT2D eigenvalue weighted by Gasteiger charge is -1.93. The monoisotopic (exact) mass is 197 g/mol. The molecule has 50 valence electrons. The summed E-state index contributed by atoms with van der Waals surface area (Å²) in [4.78, 5) is 3.82. The molecule has 0 fully saturated rings. The number of aromatic nitrogens is 1. The molecule has 0 bridgehead atoms. The molecule has 1 heterocycles. The van der Waals surface area contributed by atoms with Crippen LogP contribution in [0, 0.1) is 11.3 Å². The van der Waals surface area contributed by atoms with Crippen molar-refractivity contribution in [2.75, 3.05) is 5.73 Å². The maximum Gasteiger partial charge on any atom is 0.126 e. The Balaban J connectivity index is 3.23. The van der Waals surface area contributed by atoms with E-state index in [1.165, 1.54) is 0 Å². The lowest BCUT2D eigenvalue weighted by molar-refractivity contribution is 1.26. The smallest absolute Gasteiger partial charge is 0.126 e. The van der Waals surface area contributed by atoms with Crippen molar-refractivity contribution >= 4 is 21.7 Å². The van der Waals surface area contributed by atoms with Crippen molar-refractivity contribution in [1.29, 1.82) is 5.26 Å². The fraction of sp³-hybridized carbons (Fsp3) is 0. The number of nitrogens with two attached hydrogens (primary N) is 1. The molecule has 1 aromatic rings. The van der Waals surface area contributed by atoms with E-state index in [0.29, 0.717) is 16.0 Å². The molecule has 1 aromatic heterocycles. The summed E-state index contributed by atoms with van der Waals surface area (Å²) in [5, 5.41) is 8.45. The van der Waals surface area contributed by atoms with Gasteiger partial charge in [0.2, 0.25) is 0 Å². The summed E-state index contributed by atoms with van der Waals surface area (Å²) < 4.78 is 0.495. The van der Waals surface area contributed by atoms with Crippen LogP contribution in [-0.2, 0) is 0 Å². The normalized spacial score (nSPS) is 8.80. The van der Waals surface area contributed by atoms with Crippen LogP contribution in [0.15, 0.2) is 16.7 Å². The quantitative estimate of drug-likeness (QED) is 0.639. The first-order valence-electron chi connectivity index (χ1n) is 2.56. The molecular formula is C6H4BrN3. The van der Waals surface area contributed by atoms with Gasteiger partial charge < -0.3 is 5.73 Å². The Kier molecular flexibility index (Phi) is 1.88. The molecule has 2 N–H and O–H groups in total. The number of nitrogens with zero attached hydrogens (tertiary/aromatic N) is 2. The highest BCUT2D eigenvalue weighted by atomic mass is 79.9. The molecule has 0 aliphatic rings. The van der Waals surface area contributed by atoms with Gasteiger partial charge >= 0.3 is 0 Å². The second-order valence-electron chi connectivity index (χ2n) is 1.69. The number of hydrogen-bond donors (Lipinski definition) is 1. The number of anilines is 1. The first-order chi connectivity index (χ1) is 4.74. The standard InChI is InChI=1S/C6H4BrN3/c7-6-4(3-8)1-2-5(9)10-6/h1-2H,(H2,9,10). The van der Waals surface area contributed by atoms with Gasteiger partial charge in [-0.1, -0.05) is 0 Å². The minimum absolute atomic E-state index is 0.408. The first kappa shape index (κ1) is 7.03. The molecule has 10 heavy (non-hydrogen) atoms.